The fourth-order valence-electron chi connectivity index (χ4n) is 2.08. The van der Waals surface area contributed by atoms with Crippen LogP contribution in [0.2, 0.25) is 0 Å². The van der Waals surface area contributed by atoms with Crippen LogP contribution in [-0.2, 0) is 0 Å². The number of aromatic nitrogens is 1. The molecule has 5 nitrogen and oxygen atoms in total. The van der Waals surface area contributed by atoms with Crippen molar-refractivity contribution >= 4 is 17.4 Å². The number of aliphatic hydroxyl groups excluding tert-OH is 1. The van der Waals surface area contributed by atoms with E-state index in [9.17, 15) is 4.79 Å². The summed E-state index contributed by atoms with van der Waals surface area (Å²) in [6, 6.07) is -0.129. The topological polar surface area (TPSA) is 65.5 Å². The van der Waals surface area contributed by atoms with Crippen molar-refractivity contribution in [2.24, 2.45) is 5.92 Å². The molecule has 0 spiro atoms. The molecule has 1 fully saturated rings. The molecule has 1 aliphatic heterocycles. The number of carbonyl (C=O) groups excluding carboxylic acids is 1. The van der Waals surface area contributed by atoms with Gasteiger partial charge in [0.1, 0.15) is 5.01 Å². The highest BCUT2D eigenvalue weighted by Crippen LogP contribution is 2.19. The van der Waals surface area contributed by atoms with Crippen LogP contribution in [0.4, 0.5) is 4.79 Å². The molecule has 1 aromatic rings. The van der Waals surface area contributed by atoms with Gasteiger partial charge in [-0.25, -0.2) is 9.78 Å². The maximum absolute atomic E-state index is 12.0. The van der Waals surface area contributed by atoms with Crippen molar-refractivity contribution in [3.05, 3.63) is 16.1 Å². The average molecular weight is 269 g/mol. The molecule has 1 saturated heterocycles. The lowest BCUT2D eigenvalue weighted by molar-refractivity contribution is 0.195. The molecule has 1 aromatic heterocycles. The van der Waals surface area contributed by atoms with Crippen molar-refractivity contribution in [2.45, 2.75) is 26.3 Å². The van der Waals surface area contributed by atoms with Gasteiger partial charge in [0, 0.05) is 36.7 Å². The molecule has 18 heavy (non-hydrogen) atoms. The molecule has 2 unspecified atom stereocenters. The van der Waals surface area contributed by atoms with Gasteiger partial charge >= 0.3 is 6.03 Å². The molecule has 2 rings (SSSR count). The first-order valence-electron chi connectivity index (χ1n) is 6.18. The molecule has 2 N–H and O–H groups in total. The van der Waals surface area contributed by atoms with Crippen molar-refractivity contribution in [3.63, 3.8) is 0 Å². The van der Waals surface area contributed by atoms with E-state index >= 15 is 0 Å². The van der Waals surface area contributed by atoms with Crippen molar-refractivity contribution in [3.8, 4) is 0 Å². The van der Waals surface area contributed by atoms with Gasteiger partial charge in [-0.2, -0.15) is 0 Å². The third-order valence-electron chi connectivity index (χ3n) is 3.18. The number of aliphatic hydroxyl groups is 1. The summed E-state index contributed by atoms with van der Waals surface area (Å²) >= 11 is 1.56. The summed E-state index contributed by atoms with van der Waals surface area (Å²) < 4.78 is 0. The molecule has 0 saturated carbocycles. The minimum Gasteiger partial charge on any atom is -0.396 e. The number of carbonyl (C=O) groups is 1. The van der Waals surface area contributed by atoms with Crippen LogP contribution in [0.25, 0.3) is 0 Å². The third kappa shape index (κ3) is 3.00. The van der Waals surface area contributed by atoms with Gasteiger partial charge in [0.25, 0.3) is 0 Å². The molecule has 0 bridgehead atoms. The summed E-state index contributed by atoms with van der Waals surface area (Å²) in [5.41, 5.74) is 0.984. The van der Waals surface area contributed by atoms with E-state index in [0.29, 0.717) is 6.54 Å². The fourth-order valence-corrected chi connectivity index (χ4v) is 2.88. The van der Waals surface area contributed by atoms with E-state index in [-0.39, 0.29) is 24.6 Å². The summed E-state index contributed by atoms with van der Waals surface area (Å²) in [5.74, 6) is 0.230. The quantitative estimate of drug-likeness (QED) is 0.874. The van der Waals surface area contributed by atoms with Crippen LogP contribution in [0.15, 0.2) is 5.38 Å². The van der Waals surface area contributed by atoms with Gasteiger partial charge in [0.2, 0.25) is 0 Å². The Hall–Kier alpha value is -1.14. The summed E-state index contributed by atoms with van der Waals surface area (Å²) in [6.45, 7) is 5.41. The lowest BCUT2D eigenvalue weighted by Crippen LogP contribution is -2.39. The number of thiazole rings is 1. The van der Waals surface area contributed by atoms with E-state index in [0.717, 1.165) is 23.7 Å². The van der Waals surface area contributed by atoms with Crippen LogP contribution >= 0.6 is 11.3 Å². The first-order chi connectivity index (χ1) is 8.60. The number of nitrogens with zero attached hydrogens (tertiary/aromatic N) is 2. The minimum absolute atomic E-state index is 0.0636. The fraction of sp³-hybridized carbons (Fsp3) is 0.667. The van der Waals surface area contributed by atoms with Crippen LogP contribution in [0, 0.1) is 12.8 Å². The second kappa shape index (κ2) is 5.67. The van der Waals surface area contributed by atoms with E-state index in [1.807, 2.05) is 19.2 Å². The summed E-state index contributed by atoms with van der Waals surface area (Å²) in [7, 11) is 0. The van der Waals surface area contributed by atoms with Gasteiger partial charge in [-0.3, -0.25) is 0 Å². The predicted octanol–water partition coefficient (Wildman–Crippen LogP) is 1.54. The predicted molar refractivity (Wildman–Crippen MR) is 70.6 cm³/mol. The molecule has 6 heteroatoms. The Bertz CT molecular complexity index is 421. The van der Waals surface area contributed by atoms with Crippen LogP contribution in [0.3, 0.4) is 0 Å². The number of rotatable bonds is 3. The maximum Gasteiger partial charge on any atom is 0.317 e. The van der Waals surface area contributed by atoms with Crippen LogP contribution in [0.5, 0.6) is 0 Å². The Morgan fingerprint density at radius 1 is 1.78 bits per heavy atom. The maximum atomic E-state index is 12.0. The standard InChI is InChI=1S/C12H19N3O2S/c1-8-7-18-11(13-8)9(2)14-12(17)15-4-3-10(5-15)6-16/h7,9-10,16H,3-6H2,1-2H3,(H,14,17). The molecule has 0 radical (unpaired) electrons. The van der Waals surface area contributed by atoms with Gasteiger partial charge in [-0.05, 0) is 20.3 Å². The van der Waals surface area contributed by atoms with E-state index in [4.69, 9.17) is 5.11 Å². The van der Waals surface area contributed by atoms with Gasteiger partial charge in [-0.1, -0.05) is 0 Å². The molecule has 2 amide bonds. The van der Waals surface area contributed by atoms with Gasteiger partial charge in [0.15, 0.2) is 0 Å². The number of hydrogen-bond donors (Lipinski definition) is 2. The van der Waals surface area contributed by atoms with E-state index in [1.165, 1.54) is 0 Å². The van der Waals surface area contributed by atoms with Gasteiger partial charge < -0.3 is 15.3 Å². The third-order valence-corrected chi connectivity index (χ3v) is 4.32. The number of amides is 2. The molecular weight excluding hydrogens is 250 g/mol. The molecule has 2 heterocycles. The normalized spacial score (nSPS) is 21.1. The zero-order valence-electron chi connectivity index (χ0n) is 10.7. The summed E-state index contributed by atoms with van der Waals surface area (Å²) in [4.78, 5) is 18.1. The van der Waals surface area contributed by atoms with Crippen LogP contribution in [-0.4, -0.2) is 40.7 Å². The number of likely N-dealkylation sites (tertiary alicyclic amines) is 1. The number of nitrogens with one attached hydrogen (secondary N) is 1. The highest BCUT2D eigenvalue weighted by Gasteiger charge is 2.26. The number of urea groups is 1. The first kappa shape index (κ1) is 13.3. The van der Waals surface area contributed by atoms with E-state index in [1.54, 1.807) is 16.2 Å². The molecule has 100 valence electrons. The van der Waals surface area contributed by atoms with Crippen molar-refractivity contribution in [1.82, 2.24) is 15.2 Å². The van der Waals surface area contributed by atoms with Crippen LogP contribution in [0.1, 0.15) is 30.1 Å². The monoisotopic (exact) mass is 269 g/mol. The van der Waals surface area contributed by atoms with Gasteiger partial charge in [0.05, 0.1) is 6.04 Å². The molecular formula is C12H19N3O2S. The lowest BCUT2D eigenvalue weighted by Gasteiger charge is -2.19. The van der Waals surface area contributed by atoms with Crippen molar-refractivity contribution in [1.29, 1.82) is 0 Å². The zero-order chi connectivity index (χ0) is 13.1. The Labute approximate surface area is 111 Å². The van der Waals surface area contributed by atoms with E-state index in [2.05, 4.69) is 10.3 Å². The van der Waals surface area contributed by atoms with Crippen LogP contribution < -0.4 is 5.32 Å². The smallest absolute Gasteiger partial charge is 0.317 e. The molecule has 1 aliphatic rings. The van der Waals surface area contributed by atoms with Crippen molar-refractivity contribution in [2.75, 3.05) is 19.7 Å². The minimum atomic E-state index is -0.0654. The molecule has 0 aliphatic carbocycles. The number of hydrogen-bond acceptors (Lipinski definition) is 4. The Morgan fingerprint density at radius 3 is 3.11 bits per heavy atom. The van der Waals surface area contributed by atoms with E-state index < -0.39 is 0 Å². The van der Waals surface area contributed by atoms with Gasteiger partial charge in [-0.15, -0.1) is 11.3 Å². The highest BCUT2D eigenvalue weighted by atomic mass is 32.1. The number of aryl methyl sites for hydroxylation is 1. The summed E-state index contributed by atoms with van der Waals surface area (Å²) in [6.07, 6.45) is 0.884. The Morgan fingerprint density at radius 2 is 2.56 bits per heavy atom. The SMILES string of the molecule is Cc1csc(C(C)NC(=O)N2CCC(CO)C2)n1. The second-order valence-electron chi connectivity index (χ2n) is 4.78. The second-order valence-corrected chi connectivity index (χ2v) is 5.67. The van der Waals surface area contributed by atoms with Crippen molar-refractivity contribution < 1.29 is 9.90 Å². The average Bonchev–Trinajstić information content (AvgIpc) is 2.97. The Kier molecular flexibility index (Phi) is 4.19. The first-order valence-corrected chi connectivity index (χ1v) is 7.06. The largest absolute Gasteiger partial charge is 0.396 e. The lowest BCUT2D eigenvalue weighted by atomic mass is 10.1. The molecule has 0 aromatic carbocycles. The highest BCUT2D eigenvalue weighted by molar-refractivity contribution is 7.09. The summed E-state index contributed by atoms with van der Waals surface area (Å²) in [5, 5.41) is 14.9. The Balaban J connectivity index is 1.88. The zero-order valence-corrected chi connectivity index (χ0v) is 11.5. The molecule has 2 atom stereocenters.